The molecule has 2 aromatic rings. The molecule has 1 atom stereocenters. The number of hydrogen-bond donors (Lipinski definition) is 2. The molecule has 3 rings (SSSR count). The zero-order valence-corrected chi connectivity index (χ0v) is 16.1. The summed E-state index contributed by atoms with van der Waals surface area (Å²) >= 11 is 2.02. The Kier molecular flexibility index (Phi) is 6.72. The summed E-state index contributed by atoms with van der Waals surface area (Å²) in [4.78, 5) is 15.0. The number of thioether (sulfide) groups is 1. The molecule has 0 radical (unpaired) electrons. The molecule has 1 heterocycles. The average Bonchev–Trinajstić information content (AvgIpc) is 2.66. The second kappa shape index (κ2) is 9.21. The Labute approximate surface area is 160 Å². The van der Waals surface area contributed by atoms with E-state index in [4.69, 9.17) is 5.73 Å². The zero-order valence-electron chi connectivity index (χ0n) is 15.3. The lowest BCUT2D eigenvalue weighted by Gasteiger charge is -2.27. The van der Waals surface area contributed by atoms with E-state index in [9.17, 15) is 4.79 Å². The standard InChI is InChI=1S/C21H27N3OS/c1-16-18(15-24-10-12-26-13-11-24)8-5-9-20(16)23-21(25)19(22)14-17-6-3-2-4-7-17/h2-9,19H,10-15,22H2,1H3,(H,23,25). The summed E-state index contributed by atoms with van der Waals surface area (Å²) in [6.07, 6.45) is 0.539. The molecule has 1 amide bonds. The van der Waals surface area contributed by atoms with Crippen molar-refractivity contribution in [2.75, 3.05) is 29.9 Å². The Morgan fingerprint density at radius 1 is 1.15 bits per heavy atom. The molecule has 0 saturated carbocycles. The van der Waals surface area contributed by atoms with E-state index in [1.165, 1.54) is 17.1 Å². The van der Waals surface area contributed by atoms with Gasteiger partial charge in [0.05, 0.1) is 6.04 Å². The summed E-state index contributed by atoms with van der Waals surface area (Å²) in [5.74, 6) is 2.26. The van der Waals surface area contributed by atoms with E-state index in [2.05, 4.69) is 23.2 Å². The van der Waals surface area contributed by atoms with Gasteiger partial charge in [-0.1, -0.05) is 42.5 Å². The number of anilines is 1. The number of hydrogen-bond acceptors (Lipinski definition) is 4. The molecule has 138 valence electrons. The number of nitrogens with two attached hydrogens (primary N) is 1. The maximum absolute atomic E-state index is 12.5. The number of nitrogens with one attached hydrogen (secondary N) is 1. The van der Waals surface area contributed by atoms with E-state index in [1.54, 1.807) is 0 Å². The van der Waals surface area contributed by atoms with Crippen molar-refractivity contribution in [1.29, 1.82) is 0 Å². The van der Waals surface area contributed by atoms with Gasteiger partial charge in [0.15, 0.2) is 0 Å². The molecule has 1 fully saturated rings. The zero-order chi connectivity index (χ0) is 18.4. The fourth-order valence-corrected chi connectivity index (χ4v) is 4.16. The predicted molar refractivity (Wildman–Crippen MR) is 111 cm³/mol. The largest absolute Gasteiger partial charge is 0.324 e. The molecule has 1 aliphatic heterocycles. The summed E-state index contributed by atoms with van der Waals surface area (Å²) in [5.41, 5.74) is 10.4. The molecule has 4 nitrogen and oxygen atoms in total. The Hall–Kier alpha value is -1.82. The molecule has 0 aromatic heterocycles. The summed E-state index contributed by atoms with van der Waals surface area (Å²) in [5, 5.41) is 3.02. The lowest BCUT2D eigenvalue weighted by molar-refractivity contribution is -0.117. The average molecular weight is 370 g/mol. The summed E-state index contributed by atoms with van der Waals surface area (Å²) < 4.78 is 0. The van der Waals surface area contributed by atoms with Gasteiger partial charge in [0, 0.05) is 36.8 Å². The summed E-state index contributed by atoms with van der Waals surface area (Å²) in [6, 6.07) is 15.4. The van der Waals surface area contributed by atoms with Crippen LogP contribution in [-0.2, 0) is 17.8 Å². The first-order valence-corrected chi connectivity index (χ1v) is 10.3. The minimum atomic E-state index is -0.556. The van der Waals surface area contributed by atoms with Crippen molar-refractivity contribution < 1.29 is 4.79 Å². The van der Waals surface area contributed by atoms with Crippen LogP contribution in [0.3, 0.4) is 0 Å². The van der Waals surface area contributed by atoms with E-state index in [-0.39, 0.29) is 5.91 Å². The quantitative estimate of drug-likeness (QED) is 0.822. The number of carbonyl (C=O) groups excluding carboxylic acids is 1. The van der Waals surface area contributed by atoms with Crippen LogP contribution in [0.5, 0.6) is 0 Å². The second-order valence-electron chi connectivity index (χ2n) is 6.76. The number of benzene rings is 2. The molecule has 1 saturated heterocycles. The highest BCUT2D eigenvalue weighted by Gasteiger charge is 2.17. The number of amides is 1. The van der Waals surface area contributed by atoms with Crippen LogP contribution in [0.4, 0.5) is 5.69 Å². The summed E-state index contributed by atoms with van der Waals surface area (Å²) in [6.45, 7) is 5.27. The molecule has 1 aliphatic rings. The molecule has 5 heteroatoms. The minimum absolute atomic E-state index is 0.136. The van der Waals surface area contributed by atoms with Gasteiger partial charge < -0.3 is 11.1 Å². The molecular weight excluding hydrogens is 342 g/mol. The fraction of sp³-hybridized carbons (Fsp3) is 0.381. The third-order valence-electron chi connectivity index (χ3n) is 4.84. The van der Waals surface area contributed by atoms with Crippen LogP contribution < -0.4 is 11.1 Å². The molecule has 0 aliphatic carbocycles. The van der Waals surface area contributed by atoms with Gasteiger partial charge >= 0.3 is 0 Å². The van der Waals surface area contributed by atoms with Crippen LogP contribution in [0.2, 0.25) is 0 Å². The highest BCUT2D eigenvalue weighted by atomic mass is 32.2. The van der Waals surface area contributed by atoms with Crippen LogP contribution in [-0.4, -0.2) is 41.4 Å². The van der Waals surface area contributed by atoms with Gasteiger partial charge in [-0.25, -0.2) is 0 Å². The number of rotatable bonds is 6. The number of nitrogens with zero attached hydrogens (tertiary/aromatic N) is 1. The van der Waals surface area contributed by atoms with Gasteiger partial charge in [-0.2, -0.15) is 11.8 Å². The second-order valence-corrected chi connectivity index (χ2v) is 7.99. The topological polar surface area (TPSA) is 58.4 Å². The van der Waals surface area contributed by atoms with Crippen molar-refractivity contribution in [3.05, 3.63) is 65.2 Å². The third-order valence-corrected chi connectivity index (χ3v) is 5.78. The highest BCUT2D eigenvalue weighted by molar-refractivity contribution is 7.99. The van der Waals surface area contributed by atoms with E-state index < -0.39 is 6.04 Å². The normalized spacial score (nSPS) is 16.2. The van der Waals surface area contributed by atoms with Crippen LogP contribution >= 0.6 is 11.8 Å². The van der Waals surface area contributed by atoms with E-state index in [1.807, 2.05) is 54.2 Å². The first-order chi connectivity index (χ1) is 12.6. The van der Waals surface area contributed by atoms with Crippen molar-refractivity contribution in [3.8, 4) is 0 Å². The summed E-state index contributed by atoms with van der Waals surface area (Å²) in [7, 11) is 0. The fourth-order valence-electron chi connectivity index (χ4n) is 3.18. The molecule has 0 bridgehead atoms. The van der Waals surface area contributed by atoms with Crippen molar-refractivity contribution >= 4 is 23.4 Å². The van der Waals surface area contributed by atoms with E-state index in [0.717, 1.165) is 36.4 Å². The Bertz CT molecular complexity index is 729. The van der Waals surface area contributed by atoms with E-state index in [0.29, 0.717) is 6.42 Å². The van der Waals surface area contributed by atoms with Gasteiger partial charge in [0.2, 0.25) is 5.91 Å². The molecule has 2 aromatic carbocycles. The molecule has 1 unspecified atom stereocenters. The van der Waals surface area contributed by atoms with Crippen LogP contribution in [0, 0.1) is 6.92 Å². The lowest BCUT2D eigenvalue weighted by atomic mass is 10.0. The van der Waals surface area contributed by atoms with Crippen molar-refractivity contribution in [2.45, 2.75) is 25.9 Å². The number of carbonyl (C=O) groups is 1. The Morgan fingerprint density at radius 3 is 2.62 bits per heavy atom. The monoisotopic (exact) mass is 369 g/mol. The van der Waals surface area contributed by atoms with Gasteiger partial charge in [-0.05, 0) is 36.1 Å². The van der Waals surface area contributed by atoms with E-state index >= 15 is 0 Å². The first kappa shape index (κ1) is 19.0. The smallest absolute Gasteiger partial charge is 0.241 e. The van der Waals surface area contributed by atoms with Crippen molar-refractivity contribution in [3.63, 3.8) is 0 Å². The van der Waals surface area contributed by atoms with Crippen LogP contribution in [0.1, 0.15) is 16.7 Å². The maximum Gasteiger partial charge on any atom is 0.241 e. The Balaban J connectivity index is 1.63. The first-order valence-electron chi connectivity index (χ1n) is 9.12. The maximum atomic E-state index is 12.5. The third kappa shape index (κ3) is 5.10. The molecule has 0 spiro atoms. The molecule has 26 heavy (non-hydrogen) atoms. The Morgan fingerprint density at radius 2 is 1.88 bits per heavy atom. The highest BCUT2D eigenvalue weighted by Crippen LogP contribution is 2.22. The van der Waals surface area contributed by atoms with Gasteiger partial charge in [0.25, 0.3) is 0 Å². The van der Waals surface area contributed by atoms with Crippen LogP contribution in [0.15, 0.2) is 48.5 Å². The van der Waals surface area contributed by atoms with Crippen LogP contribution in [0.25, 0.3) is 0 Å². The molecular formula is C21H27N3OS. The van der Waals surface area contributed by atoms with Crippen molar-refractivity contribution in [1.82, 2.24) is 4.90 Å². The van der Waals surface area contributed by atoms with Crippen molar-refractivity contribution in [2.24, 2.45) is 5.73 Å². The SMILES string of the molecule is Cc1c(CN2CCSCC2)cccc1NC(=O)C(N)Cc1ccccc1. The van der Waals surface area contributed by atoms with Gasteiger partial charge in [-0.15, -0.1) is 0 Å². The minimum Gasteiger partial charge on any atom is -0.324 e. The van der Waals surface area contributed by atoms with Gasteiger partial charge in [0.1, 0.15) is 0 Å². The molecule has 3 N–H and O–H groups in total. The predicted octanol–water partition coefficient (Wildman–Crippen LogP) is 3.05. The lowest BCUT2D eigenvalue weighted by Crippen LogP contribution is -2.37. The van der Waals surface area contributed by atoms with Gasteiger partial charge in [-0.3, -0.25) is 9.69 Å².